The number of anilines is 1. The van der Waals surface area contributed by atoms with Gasteiger partial charge in [0.05, 0.1) is 0 Å². The number of nitrogens with two attached hydrogens (primary N) is 1. The van der Waals surface area contributed by atoms with Crippen LogP contribution in [0.3, 0.4) is 0 Å². The van der Waals surface area contributed by atoms with E-state index in [4.69, 9.17) is 5.73 Å². The highest BCUT2D eigenvalue weighted by atomic mass is 16.2. The largest absolute Gasteiger partial charge is 0.399 e. The molecular weight excluding hydrogens is 294 g/mol. The highest BCUT2D eigenvalue weighted by Gasteiger charge is 2.16. The van der Waals surface area contributed by atoms with Crippen LogP contribution in [0.4, 0.5) is 5.69 Å². The second-order valence-corrected chi connectivity index (χ2v) is 5.71. The van der Waals surface area contributed by atoms with Crippen molar-refractivity contribution < 1.29 is 0 Å². The Kier molecular flexibility index (Phi) is 3.55. The summed E-state index contributed by atoms with van der Waals surface area (Å²) in [5.74, 6) is 0.765. The zero-order valence-electron chi connectivity index (χ0n) is 13.4. The molecule has 0 aliphatic heterocycles. The Hall–Kier alpha value is -2.83. The van der Waals surface area contributed by atoms with Crippen LogP contribution in [0.1, 0.15) is 11.4 Å². The third-order valence-corrected chi connectivity index (χ3v) is 4.16. The lowest BCUT2D eigenvalue weighted by molar-refractivity contribution is 0.705. The molecule has 1 aromatic carbocycles. The third kappa shape index (κ3) is 2.44. The smallest absolute Gasteiger partial charge is 0.332 e. The number of aromatic nitrogens is 4. The fourth-order valence-electron chi connectivity index (χ4n) is 2.79. The van der Waals surface area contributed by atoms with Crippen molar-refractivity contribution in [3.8, 4) is 0 Å². The second kappa shape index (κ2) is 5.42. The summed E-state index contributed by atoms with van der Waals surface area (Å²) in [5, 5.41) is 0. The van der Waals surface area contributed by atoms with Crippen LogP contribution in [0.15, 0.2) is 33.9 Å². The van der Waals surface area contributed by atoms with Gasteiger partial charge in [0.25, 0.3) is 5.56 Å². The highest BCUT2D eigenvalue weighted by molar-refractivity contribution is 5.70. The molecule has 0 radical (unpaired) electrons. The van der Waals surface area contributed by atoms with Crippen LogP contribution >= 0.6 is 0 Å². The van der Waals surface area contributed by atoms with Crippen molar-refractivity contribution in [2.24, 2.45) is 21.1 Å². The monoisotopic (exact) mass is 313 g/mol. The molecule has 7 heteroatoms. The summed E-state index contributed by atoms with van der Waals surface area (Å²) in [6, 6.07) is 7.70. The van der Waals surface area contributed by atoms with E-state index in [0.717, 1.165) is 28.1 Å². The average Bonchev–Trinajstić information content (AvgIpc) is 2.86. The molecule has 0 aliphatic carbocycles. The van der Waals surface area contributed by atoms with Gasteiger partial charge >= 0.3 is 5.69 Å². The molecule has 0 unspecified atom stereocenters. The van der Waals surface area contributed by atoms with E-state index in [0.29, 0.717) is 17.6 Å². The maximum absolute atomic E-state index is 12.3. The summed E-state index contributed by atoms with van der Waals surface area (Å²) in [7, 11) is 4.90. The highest BCUT2D eigenvalue weighted by Crippen LogP contribution is 2.13. The molecule has 2 aromatic heterocycles. The molecule has 0 fully saturated rings. The second-order valence-electron chi connectivity index (χ2n) is 5.71. The average molecular weight is 313 g/mol. The van der Waals surface area contributed by atoms with Gasteiger partial charge in [-0.15, -0.1) is 0 Å². The van der Waals surface area contributed by atoms with E-state index >= 15 is 0 Å². The molecule has 0 amide bonds. The van der Waals surface area contributed by atoms with Gasteiger partial charge in [0.15, 0.2) is 11.2 Å². The summed E-state index contributed by atoms with van der Waals surface area (Å²) >= 11 is 0. The molecule has 3 aromatic rings. The van der Waals surface area contributed by atoms with Crippen molar-refractivity contribution in [3.63, 3.8) is 0 Å². The van der Waals surface area contributed by atoms with Gasteiger partial charge in [-0.3, -0.25) is 13.9 Å². The summed E-state index contributed by atoms with van der Waals surface area (Å²) in [6.07, 6.45) is 1.42. The minimum atomic E-state index is -0.372. The first-order chi connectivity index (χ1) is 10.9. The molecule has 7 nitrogen and oxygen atoms in total. The van der Waals surface area contributed by atoms with Crippen molar-refractivity contribution in [3.05, 3.63) is 56.5 Å². The van der Waals surface area contributed by atoms with Gasteiger partial charge in [-0.2, -0.15) is 0 Å². The number of rotatable bonds is 3. The Bertz CT molecular complexity index is 1010. The number of nitrogen functional groups attached to an aromatic ring is 1. The normalized spacial score (nSPS) is 11.3. The first kappa shape index (κ1) is 15.1. The molecule has 2 heterocycles. The number of hydrogen-bond donors (Lipinski definition) is 1. The summed E-state index contributed by atoms with van der Waals surface area (Å²) in [5.41, 5.74) is 7.79. The number of fused-ring (bicyclic) bond motifs is 1. The molecule has 0 saturated heterocycles. The number of hydrogen-bond acceptors (Lipinski definition) is 4. The van der Waals surface area contributed by atoms with Crippen LogP contribution in [-0.2, 0) is 34.0 Å². The topological polar surface area (TPSA) is 87.8 Å². The molecule has 3 rings (SSSR count). The van der Waals surface area contributed by atoms with Crippen LogP contribution in [0.2, 0.25) is 0 Å². The molecule has 0 saturated carbocycles. The van der Waals surface area contributed by atoms with Crippen molar-refractivity contribution in [2.45, 2.75) is 12.8 Å². The van der Waals surface area contributed by atoms with E-state index < -0.39 is 0 Å². The van der Waals surface area contributed by atoms with Gasteiger partial charge in [0.1, 0.15) is 5.82 Å². The number of nitrogens with zero attached hydrogens (tertiary/aromatic N) is 4. The molecular formula is C16H19N5O2. The van der Waals surface area contributed by atoms with Gasteiger partial charge in [-0.05, 0) is 24.1 Å². The van der Waals surface area contributed by atoms with Crippen molar-refractivity contribution >= 4 is 16.9 Å². The number of aryl methyl sites for hydroxylation is 4. The van der Waals surface area contributed by atoms with Gasteiger partial charge in [-0.25, -0.2) is 9.78 Å². The summed E-state index contributed by atoms with van der Waals surface area (Å²) in [4.78, 5) is 28.8. The predicted molar refractivity (Wildman–Crippen MR) is 89.5 cm³/mol. The lowest BCUT2D eigenvalue weighted by Gasteiger charge is -2.04. The standard InChI is InChI=1S/C16H19N5O2/c1-19-12(8-7-10-5-4-6-11(17)9-10)18-14-13(19)15(22)21(3)16(23)20(14)2/h4-6,9H,7-8,17H2,1-3H3. The maximum atomic E-state index is 12.3. The Labute approximate surface area is 132 Å². The van der Waals surface area contributed by atoms with Gasteiger partial charge in [0.2, 0.25) is 0 Å². The molecule has 2 N–H and O–H groups in total. The SMILES string of the molecule is Cn1c(=O)c2c(nc(CCc3cccc(N)c3)n2C)n(C)c1=O. The van der Waals surface area contributed by atoms with E-state index in [1.165, 1.54) is 11.6 Å². The summed E-state index contributed by atoms with van der Waals surface area (Å²) in [6.45, 7) is 0. The lowest BCUT2D eigenvalue weighted by Crippen LogP contribution is -2.37. The van der Waals surface area contributed by atoms with Gasteiger partial charge < -0.3 is 10.3 Å². The Morgan fingerprint density at radius 2 is 1.78 bits per heavy atom. The van der Waals surface area contributed by atoms with E-state index in [9.17, 15) is 9.59 Å². The van der Waals surface area contributed by atoms with E-state index in [2.05, 4.69) is 4.98 Å². The van der Waals surface area contributed by atoms with Crippen LogP contribution in [0.25, 0.3) is 11.2 Å². The molecule has 23 heavy (non-hydrogen) atoms. The Morgan fingerprint density at radius 1 is 1.04 bits per heavy atom. The van der Waals surface area contributed by atoms with Crippen LogP contribution in [0.5, 0.6) is 0 Å². The molecule has 0 aliphatic rings. The quantitative estimate of drug-likeness (QED) is 0.706. The molecule has 0 spiro atoms. The Morgan fingerprint density at radius 3 is 2.48 bits per heavy atom. The van der Waals surface area contributed by atoms with Crippen molar-refractivity contribution in [1.82, 2.24) is 18.7 Å². The fraction of sp³-hybridized carbons (Fsp3) is 0.312. The van der Waals surface area contributed by atoms with E-state index in [1.807, 2.05) is 24.3 Å². The lowest BCUT2D eigenvalue weighted by atomic mass is 10.1. The minimum absolute atomic E-state index is 0.326. The summed E-state index contributed by atoms with van der Waals surface area (Å²) < 4.78 is 4.27. The van der Waals surface area contributed by atoms with Gasteiger partial charge in [0, 0.05) is 33.3 Å². The number of benzene rings is 1. The predicted octanol–water partition coefficient (Wildman–Crippen LogP) is 0.338. The maximum Gasteiger partial charge on any atom is 0.332 e. The van der Waals surface area contributed by atoms with Crippen LogP contribution < -0.4 is 17.0 Å². The third-order valence-electron chi connectivity index (χ3n) is 4.16. The van der Waals surface area contributed by atoms with Crippen molar-refractivity contribution in [2.75, 3.05) is 5.73 Å². The van der Waals surface area contributed by atoms with Gasteiger partial charge in [-0.1, -0.05) is 12.1 Å². The van der Waals surface area contributed by atoms with Crippen molar-refractivity contribution in [1.29, 1.82) is 0 Å². The van der Waals surface area contributed by atoms with Crippen LogP contribution in [0, 0.1) is 0 Å². The number of imidazole rings is 1. The zero-order chi connectivity index (χ0) is 16.7. The first-order valence-electron chi connectivity index (χ1n) is 7.36. The molecule has 120 valence electrons. The molecule has 0 bridgehead atoms. The zero-order valence-corrected chi connectivity index (χ0v) is 13.4. The van der Waals surface area contributed by atoms with E-state index in [1.54, 1.807) is 18.7 Å². The van der Waals surface area contributed by atoms with Crippen LogP contribution in [-0.4, -0.2) is 18.7 Å². The van der Waals surface area contributed by atoms with E-state index in [-0.39, 0.29) is 11.2 Å². The minimum Gasteiger partial charge on any atom is -0.399 e. The Balaban J connectivity index is 2.04. The molecule has 0 atom stereocenters. The first-order valence-corrected chi connectivity index (χ1v) is 7.36. The fourth-order valence-corrected chi connectivity index (χ4v) is 2.79.